The van der Waals surface area contributed by atoms with Crippen LogP contribution >= 0.6 is 0 Å². The molecule has 0 bridgehead atoms. The monoisotopic (exact) mass is 386 g/mol. The van der Waals surface area contributed by atoms with E-state index < -0.39 is 34.9 Å². The van der Waals surface area contributed by atoms with Gasteiger partial charge in [0.1, 0.15) is 5.60 Å². The predicted molar refractivity (Wildman–Crippen MR) is 92.2 cm³/mol. The number of carbonyl (C=O) groups excluding carboxylic acids is 2. The molecular formula is C18H21F3N2O4. The summed E-state index contributed by atoms with van der Waals surface area (Å²) in [5.74, 6) is -1.67. The SMILES string of the molecule is COC(=O)[C@](NC(=O)OC(C)(C)C)(c1c(C)[nH]c2ccccc12)C(F)(F)F. The minimum atomic E-state index is -5.20. The molecule has 1 heterocycles. The van der Waals surface area contributed by atoms with E-state index in [2.05, 4.69) is 9.72 Å². The number of aryl methyl sites for hydroxylation is 1. The van der Waals surface area contributed by atoms with E-state index >= 15 is 0 Å². The molecule has 0 unspecified atom stereocenters. The number of esters is 1. The largest absolute Gasteiger partial charge is 0.467 e. The summed E-state index contributed by atoms with van der Waals surface area (Å²) in [4.78, 5) is 27.5. The lowest BCUT2D eigenvalue weighted by atomic mass is 9.86. The molecular weight excluding hydrogens is 365 g/mol. The zero-order valence-electron chi connectivity index (χ0n) is 15.6. The van der Waals surface area contributed by atoms with Crippen LogP contribution in [-0.4, -0.2) is 35.9 Å². The van der Waals surface area contributed by atoms with Crippen LogP contribution in [0.15, 0.2) is 24.3 Å². The number of aromatic nitrogens is 1. The molecule has 1 aromatic heterocycles. The number of amides is 1. The molecule has 0 spiro atoms. The maximum atomic E-state index is 14.3. The molecule has 0 fully saturated rings. The molecule has 148 valence electrons. The molecule has 0 aliphatic rings. The third-order valence-electron chi connectivity index (χ3n) is 3.87. The number of rotatable bonds is 3. The van der Waals surface area contributed by atoms with E-state index in [4.69, 9.17) is 4.74 Å². The maximum Gasteiger partial charge on any atom is 0.427 e. The van der Waals surface area contributed by atoms with Crippen molar-refractivity contribution in [3.63, 3.8) is 0 Å². The number of ether oxygens (including phenoxy) is 2. The number of hydrogen-bond donors (Lipinski definition) is 2. The Morgan fingerprint density at radius 1 is 1.11 bits per heavy atom. The van der Waals surface area contributed by atoms with Gasteiger partial charge in [-0.15, -0.1) is 0 Å². The summed E-state index contributed by atoms with van der Waals surface area (Å²) < 4.78 is 52.3. The van der Waals surface area contributed by atoms with E-state index in [9.17, 15) is 22.8 Å². The summed E-state index contributed by atoms with van der Waals surface area (Å²) in [6, 6.07) is 6.16. The lowest BCUT2D eigenvalue weighted by Gasteiger charge is -2.35. The van der Waals surface area contributed by atoms with Gasteiger partial charge in [-0.2, -0.15) is 13.2 Å². The fourth-order valence-corrected chi connectivity index (χ4v) is 2.91. The van der Waals surface area contributed by atoms with Crippen LogP contribution in [0.25, 0.3) is 10.9 Å². The number of alkyl carbamates (subject to hydrolysis) is 1. The number of benzene rings is 1. The van der Waals surface area contributed by atoms with Crippen molar-refractivity contribution in [2.75, 3.05) is 7.11 Å². The van der Waals surface area contributed by atoms with Crippen molar-refractivity contribution in [1.82, 2.24) is 10.3 Å². The molecule has 2 aromatic rings. The Labute approximate surface area is 154 Å². The van der Waals surface area contributed by atoms with E-state index in [1.165, 1.54) is 39.8 Å². The van der Waals surface area contributed by atoms with Gasteiger partial charge >= 0.3 is 18.2 Å². The molecule has 27 heavy (non-hydrogen) atoms. The van der Waals surface area contributed by atoms with Gasteiger partial charge in [0.15, 0.2) is 0 Å². The highest BCUT2D eigenvalue weighted by molar-refractivity contribution is 5.96. The lowest BCUT2D eigenvalue weighted by molar-refractivity contribution is -0.214. The highest BCUT2D eigenvalue weighted by Crippen LogP contribution is 2.44. The van der Waals surface area contributed by atoms with Gasteiger partial charge in [-0.25, -0.2) is 9.59 Å². The van der Waals surface area contributed by atoms with Gasteiger partial charge < -0.3 is 14.5 Å². The van der Waals surface area contributed by atoms with Gasteiger partial charge in [-0.3, -0.25) is 5.32 Å². The molecule has 0 aliphatic heterocycles. The normalized spacial score (nSPS) is 14.5. The first kappa shape index (κ1) is 20.6. The standard InChI is InChI=1S/C18H21F3N2O4/c1-10-13(11-8-6-7-9-12(11)22-10)17(14(24)26-5,18(19,20)21)23-15(25)27-16(2,3)4/h6-9,22H,1-5H3,(H,23,25)/t17-/m1/s1. The van der Waals surface area contributed by atoms with Crippen LogP contribution in [-0.2, 0) is 19.8 Å². The zero-order valence-corrected chi connectivity index (χ0v) is 15.6. The number of hydrogen-bond acceptors (Lipinski definition) is 4. The number of fused-ring (bicyclic) bond motifs is 1. The quantitative estimate of drug-likeness (QED) is 0.784. The Bertz CT molecular complexity index is 868. The lowest BCUT2D eigenvalue weighted by Crippen LogP contribution is -2.62. The van der Waals surface area contributed by atoms with Crippen molar-refractivity contribution in [2.45, 2.75) is 45.0 Å². The first-order valence-corrected chi connectivity index (χ1v) is 8.07. The van der Waals surface area contributed by atoms with Crippen LogP contribution < -0.4 is 5.32 Å². The average molecular weight is 386 g/mol. The number of nitrogens with one attached hydrogen (secondary N) is 2. The van der Waals surface area contributed by atoms with Gasteiger partial charge in [-0.05, 0) is 33.8 Å². The molecule has 9 heteroatoms. The Kier molecular flexibility index (Phi) is 5.18. The van der Waals surface area contributed by atoms with E-state index in [0.29, 0.717) is 5.52 Å². The zero-order chi connectivity index (χ0) is 20.6. The molecule has 1 atom stereocenters. The Morgan fingerprint density at radius 2 is 1.70 bits per heavy atom. The molecule has 2 rings (SSSR count). The van der Waals surface area contributed by atoms with Crippen molar-refractivity contribution in [3.05, 3.63) is 35.5 Å². The number of aromatic amines is 1. The molecule has 0 saturated carbocycles. The fourth-order valence-electron chi connectivity index (χ4n) is 2.91. The van der Waals surface area contributed by atoms with Gasteiger partial charge in [0.05, 0.1) is 7.11 Å². The van der Waals surface area contributed by atoms with Gasteiger partial charge in [0, 0.05) is 22.2 Å². The second-order valence-corrected chi connectivity index (χ2v) is 7.04. The number of methoxy groups -OCH3 is 1. The topological polar surface area (TPSA) is 80.4 Å². The summed E-state index contributed by atoms with van der Waals surface area (Å²) in [5.41, 5.74) is -4.49. The second kappa shape index (κ2) is 6.79. The average Bonchev–Trinajstić information content (AvgIpc) is 2.85. The van der Waals surface area contributed by atoms with E-state index in [1.54, 1.807) is 17.4 Å². The third-order valence-corrected chi connectivity index (χ3v) is 3.87. The molecule has 6 nitrogen and oxygen atoms in total. The van der Waals surface area contributed by atoms with Crippen molar-refractivity contribution in [2.24, 2.45) is 0 Å². The van der Waals surface area contributed by atoms with Gasteiger partial charge in [-0.1, -0.05) is 18.2 Å². The minimum absolute atomic E-state index is 0.0648. The van der Waals surface area contributed by atoms with Crippen LogP contribution in [0.1, 0.15) is 32.0 Å². The highest BCUT2D eigenvalue weighted by atomic mass is 19.4. The van der Waals surface area contributed by atoms with Crippen LogP contribution in [0.5, 0.6) is 0 Å². The van der Waals surface area contributed by atoms with Gasteiger partial charge in [0.25, 0.3) is 5.54 Å². The molecule has 0 aliphatic carbocycles. The summed E-state index contributed by atoms with van der Waals surface area (Å²) in [7, 11) is 0.823. The smallest absolute Gasteiger partial charge is 0.427 e. The predicted octanol–water partition coefficient (Wildman–Crippen LogP) is 3.93. The summed E-state index contributed by atoms with van der Waals surface area (Å²) >= 11 is 0. The first-order chi connectivity index (χ1) is 12.3. The number of halogens is 3. The Hall–Kier alpha value is -2.71. The summed E-state index contributed by atoms with van der Waals surface area (Å²) in [5, 5.41) is 1.87. The maximum absolute atomic E-state index is 14.3. The van der Waals surface area contributed by atoms with Crippen LogP contribution in [0.2, 0.25) is 0 Å². The van der Waals surface area contributed by atoms with E-state index in [1.807, 2.05) is 0 Å². The van der Waals surface area contributed by atoms with Crippen molar-refractivity contribution in [1.29, 1.82) is 0 Å². The molecule has 1 amide bonds. The van der Waals surface area contributed by atoms with E-state index in [0.717, 1.165) is 7.11 Å². The molecule has 1 aromatic carbocycles. The molecule has 2 N–H and O–H groups in total. The van der Waals surface area contributed by atoms with Crippen molar-refractivity contribution >= 4 is 23.0 Å². The number of alkyl halides is 3. The summed E-state index contributed by atoms with van der Waals surface area (Å²) in [6.45, 7) is 5.88. The number of para-hydroxylation sites is 1. The van der Waals surface area contributed by atoms with Crippen molar-refractivity contribution < 1.29 is 32.2 Å². The van der Waals surface area contributed by atoms with Crippen LogP contribution in [0.3, 0.4) is 0 Å². The van der Waals surface area contributed by atoms with Crippen LogP contribution in [0, 0.1) is 6.92 Å². The van der Waals surface area contributed by atoms with E-state index in [-0.39, 0.29) is 11.1 Å². The Morgan fingerprint density at radius 3 is 2.22 bits per heavy atom. The summed E-state index contributed by atoms with van der Waals surface area (Å²) in [6.07, 6.45) is -6.60. The van der Waals surface area contributed by atoms with Crippen molar-refractivity contribution in [3.8, 4) is 0 Å². The Balaban J connectivity index is 2.77. The van der Waals surface area contributed by atoms with Crippen LogP contribution in [0.4, 0.5) is 18.0 Å². The fraction of sp³-hybridized carbons (Fsp3) is 0.444. The first-order valence-electron chi connectivity index (χ1n) is 8.07. The highest BCUT2D eigenvalue weighted by Gasteiger charge is 2.66. The number of carbonyl (C=O) groups is 2. The number of H-pyrrole nitrogens is 1. The van der Waals surface area contributed by atoms with Gasteiger partial charge in [0.2, 0.25) is 0 Å². The second-order valence-electron chi connectivity index (χ2n) is 7.04. The molecule has 0 saturated heterocycles. The molecule has 0 radical (unpaired) electrons. The minimum Gasteiger partial charge on any atom is -0.467 e. The third kappa shape index (κ3) is 3.72.